The molecule has 1 aromatic carbocycles. The average molecular weight is 281 g/mol. The number of hydrogen-bond acceptors (Lipinski definition) is 2. The Balaban J connectivity index is 1.93. The van der Waals surface area contributed by atoms with Crippen molar-refractivity contribution in [3.8, 4) is 0 Å². The molecule has 0 radical (unpaired) electrons. The summed E-state index contributed by atoms with van der Waals surface area (Å²) in [4.78, 5) is 2.10. The lowest BCUT2D eigenvalue weighted by atomic mass is 10.1. The molecule has 0 aromatic heterocycles. The molecule has 0 fully saturated rings. The minimum atomic E-state index is 0.0377. The van der Waals surface area contributed by atoms with Gasteiger partial charge in [0.15, 0.2) is 0 Å². The number of allylic oxidation sites excluding steroid dienone is 5. The van der Waals surface area contributed by atoms with Crippen LogP contribution >= 0.6 is 0 Å². The molecule has 0 amide bonds. The quantitative estimate of drug-likeness (QED) is 0.750. The van der Waals surface area contributed by atoms with Crippen LogP contribution in [-0.2, 0) is 4.74 Å². The summed E-state index contributed by atoms with van der Waals surface area (Å²) in [6, 6.07) is 8.48. The summed E-state index contributed by atoms with van der Waals surface area (Å²) in [6.45, 7) is 4.08. The molecule has 2 rings (SSSR count). The van der Waals surface area contributed by atoms with Crippen LogP contribution in [0.3, 0.4) is 0 Å². The summed E-state index contributed by atoms with van der Waals surface area (Å²) in [7, 11) is 4.09. The zero-order valence-corrected chi connectivity index (χ0v) is 13.2. The molecule has 0 N–H and O–H groups in total. The van der Waals surface area contributed by atoms with E-state index >= 15 is 0 Å². The van der Waals surface area contributed by atoms with Gasteiger partial charge in [-0.15, -0.1) is 0 Å². The van der Waals surface area contributed by atoms with Gasteiger partial charge in [-0.2, -0.15) is 0 Å². The highest BCUT2D eigenvalue weighted by molar-refractivity contribution is 5.56. The molecule has 0 saturated carbocycles. The molecule has 2 heteroatoms. The van der Waals surface area contributed by atoms with Gasteiger partial charge < -0.3 is 9.64 Å². The molecule has 1 atom stereocenters. The van der Waals surface area contributed by atoms with Crippen LogP contribution in [0.2, 0.25) is 0 Å². The molecule has 1 heterocycles. The van der Waals surface area contributed by atoms with E-state index in [0.717, 1.165) is 5.76 Å². The Bertz CT molecular complexity index is 588. The SMILES string of the molecule is CC1=CC(/C=C/C=C/c2ccc(N(C)C)cc2)OC(C)=C1. The van der Waals surface area contributed by atoms with Crippen molar-refractivity contribution in [3.05, 3.63) is 71.5 Å². The number of rotatable bonds is 4. The minimum absolute atomic E-state index is 0.0377. The van der Waals surface area contributed by atoms with Crippen molar-refractivity contribution >= 4 is 11.8 Å². The predicted octanol–water partition coefficient (Wildman–Crippen LogP) is 4.57. The third-order valence-electron chi connectivity index (χ3n) is 3.29. The monoisotopic (exact) mass is 281 g/mol. The molecule has 2 nitrogen and oxygen atoms in total. The van der Waals surface area contributed by atoms with Crippen LogP contribution in [0.4, 0.5) is 5.69 Å². The van der Waals surface area contributed by atoms with Gasteiger partial charge in [-0.25, -0.2) is 0 Å². The second-order valence-corrected chi connectivity index (χ2v) is 5.48. The maximum Gasteiger partial charge on any atom is 0.135 e. The second-order valence-electron chi connectivity index (χ2n) is 5.48. The van der Waals surface area contributed by atoms with Gasteiger partial charge in [0.2, 0.25) is 0 Å². The fraction of sp³-hybridized carbons (Fsp3) is 0.263. The van der Waals surface area contributed by atoms with Gasteiger partial charge >= 0.3 is 0 Å². The Kier molecular flexibility index (Phi) is 5.04. The van der Waals surface area contributed by atoms with Crippen LogP contribution in [0, 0.1) is 0 Å². The van der Waals surface area contributed by atoms with Gasteiger partial charge in [0, 0.05) is 19.8 Å². The molecule has 1 aliphatic heterocycles. The van der Waals surface area contributed by atoms with E-state index in [1.807, 2.05) is 39.2 Å². The number of benzene rings is 1. The number of ether oxygens (including phenoxy) is 1. The van der Waals surface area contributed by atoms with E-state index in [1.165, 1.54) is 16.8 Å². The van der Waals surface area contributed by atoms with E-state index in [9.17, 15) is 0 Å². The number of anilines is 1. The first-order valence-corrected chi connectivity index (χ1v) is 7.20. The third-order valence-corrected chi connectivity index (χ3v) is 3.29. The van der Waals surface area contributed by atoms with E-state index in [4.69, 9.17) is 4.74 Å². The minimum Gasteiger partial charge on any atom is -0.487 e. The van der Waals surface area contributed by atoms with Crippen LogP contribution in [0.5, 0.6) is 0 Å². The maximum atomic E-state index is 5.71. The molecule has 21 heavy (non-hydrogen) atoms. The third kappa shape index (κ3) is 4.67. The van der Waals surface area contributed by atoms with Crippen molar-refractivity contribution in [2.24, 2.45) is 0 Å². The van der Waals surface area contributed by atoms with Gasteiger partial charge in [0.25, 0.3) is 0 Å². The van der Waals surface area contributed by atoms with Crippen LogP contribution in [0.1, 0.15) is 19.4 Å². The van der Waals surface area contributed by atoms with Crippen molar-refractivity contribution in [1.82, 2.24) is 0 Å². The highest BCUT2D eigenvalue weighted by Crippen LogP contribution is 2.16. The molecular formula is C19H23NO. The van der Waals surface area contributed by atoms with Crippen molar-refractivity contribution in [2.45, 2.75) is 20.0 Å². The van der Waals surface area contributed by atoms with Crippen LogP contribution in [0.25, 0.3) is 6.08 Å². The van der Waals surface area contributed by atoms with Gasteiger partial charge in [-0.05, 0) is 55.3 Å². The summed E-state index contributed by atoms with van der Waals surface area (Å²) in [6.07, 6.45) is 12.4. The van der Waals surface area contributed by atoms with Crippen LogP contribution in [-0.4, -0.2) is 20.2 Å². The lowest BCUT2D eigenvalue weighted by Gasteiger charge is -2.17. The van der Waals surface area contributed by atoms with E-state index in [1.54, 1.807) is 0 Å². The van der Waals surface area contributed by atoms with Crippen molar-refractivity contribution < 1.29 is 4.74 Å². The first-order valence-electron chi connectivity index (χ1n) is 7.20. The lowest BCUT2D eigenvalue weighted by Crippen LogP contribution is -2.09. The van der Waals surface area contributed by atoms with E-state index in [-0.39, 0.29) is 6.10 Å². The number of hydrogen-bond donors (Lipinski definition) is 0. The molecule has 0 spiro atoms. The van der Waals surface area contributed by atoms with Crippen molar-refractivity contribution in [2.75, 3.05) is 19.0 Å². The fourth-order valence-electron chi connectivity index (χ4n) is 2.23. The van der Waals surface area contributed by atoms with Crippen molar-refractivity contribution in [3.63, 3.8) is 0 Å². The average Bonchev–Trinajstić information content (AvgIpc) is 2.43. The Labute approximate surface area is 127 Å². The highest BCUT2D eigenvalue weighted by Gasteiger charge is 2.07. The summed E-state index contributed by atoms with van der Waals surface area (Å²) in [5.74, 6) is 0.966. The molecule has 0 saturated heterocycles. The topological polar surface area (TPSA) is 12.5 Å². The summed E-state index contributed by atoms with van der Waals surface area (Å²) < 4.78 is 5.71. The van der Waals surface area contributed by atoms with Crippen LogP contribution in [0.15, 0.2) is 66.0 Å². The highest BCUT2D eigenvalue weighted by atomic mass is 16.5. The zero-order chi connectivity index (χ0) is 15.2. The Morgan fingerprint density at radius 2 is 1.76 bits per heavy atom. The fourth-order valence-corrected chi connectivity index (χ4v) is 2.23. The van der Waals surface area contributed by atoms with Gasteiger partial charge in [0.1, 0.15) is 6.10 Å². The zero-order valence-electron chi connectivity index (χ0n) is 13.2. The maximum absolute atomic E-state index is 5.71. The molecule has 110 valence electrons. The standard InChI is InChI=1S/C19H23NO/c1-15-13-16(2)21-19(14-15)8-6-5-7-17-9-11-18(12-10-17)20(3)4/h5-14,19H,1-4H3/b7-5+,8-6+. The van der Waals surface area contributed by atoms with Gasteiger partial charge in [-0.1, -0.05) is 30.4 Å². The predicted molar refractivity (Wildman–Crippen MR) is 91.3 cm³/mol. The number of nitrogens with zero attached hydrogens (tertiary/aromatic N) is 1. The summed E-state index contributed by atoms with van der Waals surface area (Å²) in [5, 5.41) is 0. The van der Waals surface area contributed by atoms with Gasteiger partial charge in [0.05, 0.1) is 5.76 Å². The second kappa shape index (κ2) is 6.98. The van der Waals surface area contributed by atoms with Crippen molar-refractivity contribution in [1.29, 1.82) is 0 Å². The molecular weight excluding hydrogens is 258 g/mol. The first kappa shape index (κ1) is 15.2. The Hall–Kier alpha value is -2.22. The normalized spacial score (nSPS) is 18.6. The lowest BCUT2D eigenvalue weighted by molar-refractivity contribution is 0.188. The smallest absolute Gasteiger partial charge is 0.135 e. The van der Waals surface area contributed by atoms with E-state index < -0.39 is 0 Å². The molecule has 0 aliphatic carbocycles. The first-order chi connectivity index (χ1) is 10.0. The van der Waals surface area contributed by atoms with Gasteiger partial charge in [-0.3, -0.25) is 0 Å². The largest absolute Gasteiger partial charge is 0.487 e. The van der Waals surface area contributed by atoms with E-state index in [2.05, 4.69) is 54.3 Å². The molecule has 0 bridgehead atoms. The van der Waals surface area contributed by atoms with E-state index in [0.29, 0.717) is 0 Å². The Morgan fingerprint density at radius 3 is 2.38 bits per heavy atom. The summed E-state index contributed by atoms with van der Waals surface area (Å²) in [5.41, 5.74) is 3.65. The molecule has 1 aliphatic rings. The Morgan fingerprint density at radius 1 is 1.05 bits per heavy atom. The summed E-state index contributed by atoms with van der Waals surface area (Å²) >= 11 is 0. The molecule has 1 unspecified atom stereocenters. The molecule has 1 aromatic rings. The van der Waals surface area contributed by atoms with Crippen LogP contribution < -0.4 is 4.90 Å².